The van der Waals surface area contributed by atoms with Crippen LogP contribution in [0.1, 0.15) is 53.9 Å². The summed E-state index contributed by atoms with van der Waals surface area (Å²) in [5.74, 6) is -0.0973. The Morgan fingerprint density at radius 1 is 0.919 bits per heavy atom. The van der Waals surface area contributed by atoms with Gasteiger partial charge in [-0.2, -0.15) is 0 Å². The van der Waals surface area contributed by atoms with E-state index in [1.807, 2.05) is 12.1 Å². The second kappa shape index (κ2) is 11.0. The van der Waals surface area contributed by atoms with Gasteiger partial charge in [-0.15, -0.1) is 0 Å². The van der Waals surface area contributed by atoms with E-state index in [0.717, 1.165) is 66.7 Å². The minimum Gasteiger partial charge on any atom is -0.381 e. The first-order chi connectivity index (χ1) is 17.9. The number of nitrogens with one attached hydrogen (secondary N) is 1. The summed E-state index contributed by atoms with van der Waals surface area (Å²) in [6.07, 6.45) is 8.31. The molecule has 2 aliphatic rings. The van der Waals surface area contributed by atoms with Crippen molar-refractivity contribution in [2.75, 3.05) is 32.6 Å². The maximum Gasteiger partial charge on any atom is 0.231 e. The summed E-state index contributed by atoms with van der Waals surface area (Å²) in [7, 11) is 4.63. The Bertz CT molecular complexity index is 1250. The van der Waals surface area contributed by atoms with Crippen LogP contribution in [-0.4, -0.2) is 43.7 Å². The van der Waals surface area contributed by atoms with Crippen molar-refractivity contribution in [1.29, 1.82) is 0 Å². The molecule has 1 amide bonds. The number of benzene rings is 3. The molecule has 3 aromatic rings. The number of amides is 1. The average Bonchev–Trinajstić information content (AvgIpc) is 3.13. The van der Waals surface area contributed by atoms with Gasteiger partial charge in [-0.05, 0) is 60.2 Å². The molecule has 1 saturated heterocycles. The second-order valence-corrected chi connectivity index (χ2v) is 11.2. The molecule has 1 fully saturated rings. The van der Waals surface area contributed by atoms with Gasteiger partial charge in [0.2, 0.25) is 5.91 Å². The molecular weight excluding hydrogens is 456 g/mol. The van der Waals surface area contributed by atoms with Crippen LogP contribution >= 0.6 is 0 Å². The summed E-state index contributed by atoms with van der Waals surface area (Å²) >= 11 is 0. The second-order valence-electron chi connectivity index (χ2n) is 11.2. The molecule has 5 rings (SSSR count). The van der Waals surface area contributed by atoms with Crippen molar-refractivity contribution < 1.29 is 14.0 Å². The minimum absolute atomic E-state index is 0.0686. The third-order valence-electron chi connectivity index (χ3n) is 8.07. The van der Waals surface area contributed by atoms with Gasteiger partial charge in [0.1, 0.15) is 6.54 Å². The average molecular weight is 496 g/mol. The fourth-order valence-corrected chi connectivity index (χ4v) is 5.77. The maximum atomic E-state index is 13.4. The van der Waals surface area contributed by atoms with E-state index < -0.39 is 0 Å². The van der Waals surface area contributed by atoms with Crippen LogP contribution in [0.5, 0.6) is 0 Å². The number of allylic oxidation sites excluding steroid dienone is 1. The van der Waals surface area contributed by atoms with E-state index in [2.05, 4.69) is 93.1 Å². The summed E-state index contributed by atoms with van der Waals surface area (Å²) in [5, 5.41) is 3.20. The molecule has 4 heteroatoms. The molecular formula is C33H39N2O2+. The number of carbonyl (C=O) groups excluding carboxylic acids is 1. The summed E-state index contributed by atoms with van der Waals surface area (Å²) in [6.45, 7) is 4.81. The number of aryl methyl sites for hydroxylation is 1. The molecule has 1 atom stereocenters. The van der Waals surface area contributed by atoms with Crippen LogP contribution < -0.4 is 5.32 Å². The predicted octanol–water partition coefficient (Wildman–Crippen LogP) is 6.95. The van der Waals surface area contributed by atoms with Crippen LogP contribution in [0.2, 0.25) is 0 Å². The molecule has 0 bridgehead atoms. The van der Waals surface area contributed by atoms with Gasteiger partial charge >= 0.3 is 0 Å². The number of rotatable bonds is 6. The third kappa shape index (κ3) is 6.03. The monoisotopic (exact) mass is 495 g/mol. The molecule has 0 saturated carbocycles. The lowest BCUT2D eigenvalue weighted by molar-refractivity contribution is -0.929. The first-order valence-electron chi connectivity index (χ1n) is 13.6. The zero-order valence-electron chi connectivity index (χ0n) is 22.4. The van der Waals surface area contributed by atoms with Gasteiger partial charge in [0.05, 0.1) is 39.3 Å². The molecule has 1 heterocycles. The molecule has 0 aromatic heterocycles. The Hall–Kier alpha value is -3.21. The minimum atomic E-state index is -0.166. The molecule has 0 radical (unpaired) electrons. The first-order valence-corrected chi connectivity index (χ1v) is 13.6. The summed E-state index contributed by atoms with van der Waals surface area (Å²) in [4.78, 5) is 13.4. The molecule has 0 spiro atoms. The molecule has 37 heavy (non-hydrogen) atoms. The van der Waals surface area contributed by atoms with Crippen LogP contribution in [0.4, 0.5) is 5.69 Å². The van der Waals surface area contributed by atoms with Gasteiger partial charge in [-0.1, -0.05) is 66.2 Å². The topological polar surface area (TPSA) is 38.3 Å². The Morgan fingerprint density at radius 3 is 2.35 bits per heavy atom. The molecule has 1 unspecified atom stereocenters. The highest BCUT2D eigenvalue weighted by atomic mass is 16.5. The van der Waals surface area contributed by atoms with E-state index in [-0.39, 0.29) is 11.8 Å². The Balaban J connectivity index is 1.27. The normalized spacial score (nSPS) is 18.2. The SMILES string of the molecule is Cc1ccc(-c2ccc3c(c2)C=CCCC3C(=O)Nc2ccc(C[N+](C)(C)C3CCOCC3)cc2)cc1. The fourth-order valence-electron chi connectivity index (χ4n) is 5.77. The van der Waals surface area contributed by atoms with Crippen LogP contribution in [0.25, 0.3) is 17.2 Å². The number of nitrogens with zero attached hydrogens (tertiary/aromatic N) is 1. The van der Waals surface area contributed by atoms with Crippen molar-refractivity contribution in [3.8, 4) is 11.1 Å². The van der Waals surface area contributed by atoms with Crippen molar-refractivity contribution in [3.05, 3.63) is 95.1 Å². The lowest BCUT2D eigenvalue weighted by Crippen LogP contribution is -2.50. The van der Waals surface area contributed by atoms with Crippen molar-refractivity contribution in [1.82, 2.24) is 0 Å². The van der Waals surface area contributed by atoms with Crippen molar-refractivity contribution >= 4 is 17.7 Å². The first kappa shape index (κ1) is 25.4. The summed E-state index contributed by atoms with van der Waals surface area (Å²) in [5.41, 5.74) is 8.04. The van der Waals surface area contributed by atoms with Crippen molar-refractivity contribution in [2.45, 2.75) is 51.1 Å². The van der Waals surface area contributed by atoms with Crippen molar-refractivity contribution in [3.63, 3.8) is 0 Å². The molecule has 4 nitrogen and oxygen atoms in total. The summed E-state index contributed by atoms with van der Waals surface area (Å²) < 4.78 is 6.52. The van der Waals surface area contributed by atoms with Crippen LogP contribution in [-0.2, 0) is 16.1 Å². The van der Waals surface area contributed by atoms with E-state index in [1.54, 1.807) is 0 Å². The van der Waals surface area contributed by atoms with Gasteiger partial charge < -0.3 is 14.5 Å². The number of quaternary nitrogens is 1. The maximum absolute atomic E-state index is 13.4. The van der Waals surface area contributed by atoms with Crippen LogP contribution in [0.15, 0.2) is 72.8 Å². The Kier molecular flexibility index (Phi) is 7.59. The van der Waals surface area contributed by atoms with Gasteiger partial charge in [0, 0.05) is 24.1 Å². The van der Waals surface area contributed by atoms with Gasteiger partial charge in [0.15, 0.2) is 0 Å². The predicted molar refractivity (Wildman–Crippen MR) is 152 cm³/mol. The van der Waals surface area contributed by atoms with E-state index in [4.69, 9.17) is 4.74 Å². The zero-order chi connectivity index (χ0) is 25.8. The summed E-state index contributed by atoms with van der Waals surface area (Å²) in [6, 6.07) is 24.2. The number of anilines is 1. The molecule has 192 valence electrons. The standard InChI is InChI=1S/C33H38N2O2/c1-24-8-12-26(13-9-24)27-14-17-31-28(22-27)6-4-5-7-32(31)33(36)34-29-15-10-25(11-16-29)23-35(2,3)30-18-20-37-21-19-30/h4,6,8-17,22,30,32H,5,7,18-21,23H2,1-3H3/p+1. The number of hydrogen-bond acceptors (Lipinski definition) is 2. The smallest absolute Gasteiger partial charge is 0.231 e. The molecule has 3 aromatic carbocycles. The highest BCUT2D eigenvalue weighted by Gasteiger charge is 2.30. The zero-order valence-corrected chi connectivity index (χ0v) is 22.4. The Morgan fingerprint density at radius 2 is 1.62 bits per heavy atom. The number of fused-ring (bicyclic) bond motifs is 1. The number of hydrogen-bond donors (Lipinski definition) is 1. The van der Waals surface area contributed by atoms with E-state index in [9.17, 15) is 4.79 Å². The Labute approximate surface area is 221 Å². The third-order valence-corrected chi connectivity index (χ3v) is 8.07. The van der Waals surface area contributed by atoms with Crippen LogP contribution in [0.3, 0.4) is 0 Å². The largest absolute Gasteiger partial charge is 0.381 e. The van der Waals surface area contributed by atoms with Gasteiger partial charge in [-0.25, -0.2) is 0 Å². The molecule has 1 N–H and O–H groups in total. The lowest BCUT2D eigenvalue weighted by atomic mass is 9.89. The number of ether oxygens (including phenoxy) is 1. The van der Waals surface area contributed by atoms with Gasteiger partial charge in [0.25, 0.3) is 0 Å². The van der Waals surface area contributed by atoms with E-state index in [0.29, 0.717) is 6.04 Å². The lowest BCUT2D eigenvalue weighted by Gasteiger charge is -2.40. The van der Waals surface area contributed by atoms with E-state index >= 15 is 0 Å². The highest BCUT2D eigenvalue weighted by Crippen LogP contribution is 2.34. The fraction of sp³-hybridized carbons (Fsp3) is 0.364. The van der Waals surface area contributed by atoms with E-state index in [1.165, 1.54) is 22.3 Å². The van der Waals surface area contributed by atoms with Crippen molar-refractivity contribution in [2.24, 2.45) is 0 Å². The highest BCUT2D eigenvalue weighted by molar-refractivity contribution is 5.96. The quantitative estimate of drug-likeness (QED) is 0.376. The molecule has 1 aliphatic heterocycles. The van der Waals surface area contributed by atoms with Gasteiger partial charge in [-0.3, -0.25) is 4.79 Å². The van der Waals surface area contributed by atoms with Crippen LogP contribution in [0, 0.1) is 6.92 Å². The molecule has 1 aliphatic carbocycles. The number of carbonyl (C=O) groups is 1.